The normalized spacial score (nSPS) is 10.4. The summed E-state index contributed by atoms with van der Waals surface area (Å²) in [6.07, 6.45) is 3.66. The van der Waals surface area contributed by atoms with Crippen LogP contribution in [0.1, 0.15) is 28.4 Å². The number of carboxylic acid groups (broad SMARTS) is 1. The highest BCUT2D eigenvalue weighted by atomic mass is 16.5. The van der Waals surface area contributed by atoms with Gasteiger partial charge in [-0.15, -0.1) is 0 Å². The Bertz CT molecular complexity index is 590. The van der Waals surface area contributed by atoms with E-state index in [9.17, 15) is 4.79 Å². The number of aryl methyl sites for hydroxylation is 1. The van der Waals surface area contributed by atoms with E-state index in [1.165, 1.54) is 0 Å². The molecule has 0 aliphatic carbocycles. The smallest absolute Gasteiger partial charge is 0.336 e. The van der Waals surface area contributed by atoms with Crippen molar-refractivity contribution in [3.05, 3.63) is 47.3 Å². The van der Waals surface area contributed by atoms with Crippen molar-refractivity contribution in [2.24, 2.45) is 0 Å². The van der Waals surface area contributed by atoms with Crippen LogP contribution in [0.4, 0.5) is 0 Å². The standard InChI is InChI=1S/C14H16N2O3/c1-3-16-8-11(7-15-16)9-19-13-6-4-5-12(10(13)2)14(17)18/h4-8H,3,9H2,1-2H3,(H,17,18). The van der Waals surface area contributed by atoms with Crippen molar-refractivity contribution in [1.29, 1.82) is 0 Å². The molecule has 5 heteroatoms. The third-order valence-corrected chi connectivity index (χ3v) is 2.92. The molecule has 2 rings (SSSR count). The highest BCUT2D eigenvalue weighted by Crippen LogP contribution is 2.22. The highest BCUT2D eigenvalue weighted by Gasteiger charge is 2.11. The quantitative estimate of drug-likeness (QED) is 0.897. The Kier molecular flexibility index (Phi) is 3.85. The van der Waals surface area contributed by atoms with Gasteiger partial charge in [0.2, 0.25) is 0 Å². The lowest BCUT2D eigenvalue weighted by molar-refractivity contribution is 0.0695. The average Bonchev–Trinajstić information content (AvgIpc) is 2.85. The monoisotopic (exact) mass is 260 g/mol. The molecule has 0 saturated heterocycles. The molecule has 0 spiro atoms. The van der Waals surface area contributed by atoms with E-state index in [1.54, 1.807) is 31.3 Å². The molecule has 0 aliphatic rings. The molecular formula is C14H16N2O3. The molecule has 0 bridgehead atoms. The summed E-state index contributed by atoms with van der Waals surface area (Å²) in [4.78, 5) is 11.0. The Morgan fingerprint density at radius 1 is 1.47 bits per heavy atom. The van der Waals surface area contributed by atoms with Gasteiger partial charge in [-0.1, -0.05) is 6.07 Å². The van der Waals surface area contributed by atoms with Crippen LogP contribution in [0.3, 0.4) is 0 Å². The minimum atomic E-state index is -0.943. The minimum Gasteiger partial charge on any atom is -0.488 e. The minimum absolute atomic E-state index is 0.266. The van der Waals surface area contributed by atoms with E-state index in [0.29, 0.717) is 17.9 Å². The molecule has 1 heterocycles. The van der Waals surface area contributed by atoms with E-state index in [0.717, 1.165) is 12.1 Å². The molecule has 2 aromatic rings. The third kappa shape index (κ3) is 2.93. The fourth-order valence-electron chi connectivity index (χ4n) is 1.82. The number of hydrogen-bond donors (Lipinski definition) is 1. The van der Waals surface area contributed by atoms with Crippen molar-refractivity contribution in [1.82, 2.24) is 9.78 Å². The van der Waals surface area contributed by atoms with Crippen LogP contribution in [0.2, 0.25) is 0 Å². The number of ether oxygens (including phenoxy) is 1. The van der Waals surface area contributed by atoms with Gasteiger partial charge in [-0.05, 0) is 26.0 Å². The van der Waals surface area contributed by atoms with E-state index >= 15 is 0 Å². The Balaban J connectivity index is 2.11. The molecule has 19 heavy (non-hydrogen) atoms. The molecule has 5 nitrogen and oxygen atoms in total. The number of benzene rings is 1. The van der Waals surface area contributed by atoms with Crippen LogP contribution < -0.4 is 4.74 Å². The highest BCUT2D eigenvalue weighted by molar-refractivity contribution is 5.90. The molecule has 0 amide bonds. The Hall–Kier alpha value is -2.30. The Labute approximate surface area is 111 Å². The van der Waals surface area contributed by atoms with Gasteiger partial charge in [0.1, 0.15) is 12.4 Å². The van der Waals surface area contributed by atoms with Gasteiger partial charge in [-0.3, -0.25) is 4.68 Å². The number of rotatable bonds is 5. The number of nitrogens with zero attached hydrogens (tertiary/aromatic N) is 2. The summed E-state index contributed by atoms with van der Waals surface area (Å²) in [5.41, 5.74) is 1.86. The van der Waals surface area contributed by atoms with E-state index in [4.69, 9.17) is 9.84 Å². The van der Waals surface area contributed by atoms with Gasteiger partial charge < -0.3 is 9.84 Å². The first-order chi connectivity index (χ1) is 9.11. The van der Waals surface area contributed by atoms with E-state index < -0.39 is 5.97 Å². The van der Waals surface area contributed by atoms with Crippen molar-refractivity contribution >= 4 is 5.97 Å². The first-order valence-corrected chi connectivity index (χ1v) is 6.09. The molecule has 0 aliphatic heterocycles. The van der Waals surface area contributed by atoms with Gasteiger partial charge in [-0.25, -0.2) is 4.79 Å². The lowest BCUT2D eigenvalue weighted by Crippen LogP contribution is -2.03. The lowest BCUT2D eigenvalue weighted by atomic mass is 10.1. The van der Waals surface area contributed by atoms with Crippen molar-refractivity contribution in [2.45, 2.75) is 27.0 Å². The SMILES string of the molecule is CCn1cc(COc2cccc(C(=O)O)c2C)cn1. The second kappa shape index (κ2) is 5.56. The van der Waals surface area contributed by atoms with Crippen LogP contribution in [0.15, 0.2) is 30.6 Å². The van der Waals surface area contributed by atoms with Crippen LogP contribution in [0.25, 0.3) is 0 Å². The predicted octanol–water partition coefficient (Wildman–Crippen LogP) is 2.49. The molecule has 0 atom stereocenters. The summed E-state index contributed by atoms with van der Waals surface area (Å²) in [6.45, 7) is 4.95. The second-order valence-electron chi connectivity index (χ2n) is 4.23. The summed E-state index contributed by atoms with van der Waals surface area (Å²) >= 11 is 0. The summed E-state index contributed by atoms with van der Waals surface area (Å²) in [6, 6.07) is 5.02. The number of aromatic carboxylic acids is 1. The lowest BCUT2D eigenvalue weighted by Gasteiger charge is -2.09. The molecule has 0 fully saturated rings. The number of carbonyl (C=O) groups is 1. The van der Waals surface area contributed by atoms with Gasteiger partial charge in [-0.2, -0.15) is 5.10 Å². The number of carboxylic acids is 1. The predicted molar refractivity (Wildman–Crippen MR) is 70.4 cm³/mol. The average molecular weight is 260 g/mol. The fraction of sp³-hybridized carbons (Fsp3) is 0.286. The first-order valence-electron chi connectivity index (χ1n) is 6.09. The molecule has 0 unspecified atom stereocenters. The zero-order chi connectivity index (χ0) is 13.8. The zero-order valence-corrected chi connectivity index (χ0v) is 11.0. The second-order valence-corrected chi connectivity index (χ2v) is 4.23. The van der Waals surface area contributed by atoms with Crippen LogP contribution in [0.5, 0.6) is 5.75 Å². The van der Waals surface area contributed by atoms with Crippen molar-refractivity contribution in [3.63, 3.8) is 0 Å². The number of hydrogen-bond acceptors (Lipinski definition) is 3. The third-order valence-electron chi connectivity index (χ3n) is 2.92. The molecule has 0 radical (unpaired) electrons. The summed E-state index contributed by atoms with van der Waals surface area (Å²) in [7, 11) is 0. The van der Waals surface area contributed by atoms with Gasteiger partial charge in [0.05, 0.1) is 11.8 Å². The van der Waals surface area contributed by atoms with E-state index in [-0.39, 0.29) is 5.56 Å². The van der Waals surface area contributed by atoms with Crippen LogP contribution >= 0.6 is 0 Å². The largest absolute Gasteiger partial charge is 0.488 e. The van der Waals surface area contributed by atoms with E-state index in [1.807, 2.05) is 17.8 Å². The molecule has 1 aromatic heterocycles. The molecular weight excluding hydrogens is 244 g/mol. The van der Waals surface area contributed by atoms with Crippen LogP contribution in [-0.2, 0) is 13.2 Å². The maximum Gasteiger partial charge on any atom is 0.336 e. The maximum absolute atomic E-state index is 11.0. The Morgan fingerprint density at radius 3 is 2.89 bits per heavy atom. The fourth-order valence-corrected chi connectivity index (χ4v) is 1.82. The van der Waals surface area contributed by atoms with Gasteiger partial charge in [0.15, 0.2) is 0 Å². The van der Waals surface area contributed by atoms with E-state index in [2.05, 4.69) is 5.10 Å². The summed E-state index contributed by atoms with van der Waals surface area (Å²) in [5.74, 6) is -0.356. The summed E-state index contributed by atoms with van der Waals surface area (Å²) in [5, 5.41) is 13.2. The van der Waals surface area contributed by atoms with Gasteiger partial charge in [0.25, 0.3) is 0 Å². The molecule has 1 aromatic carbocycles. The van der Waals surface area contributed by atoms with Crippen LogP contribution in [-0.4, -0.2) is 20.9 Å². The molecule has 100 valence electrons. The zero-order valence-electron chi connectivity index (χ0n) is 11.0. The summed E-state index contributed by atoms with van der Waals surface area (Å²) < 4.78 is 7.47. The van der Waals surface area contributed by atoms with Gasteiger partial charge >= 0.3 is 5.97 Å². The van der Waals surface area contributed by atoms with Crippen molar-refractivity contribution in [3.8, 4) is 5.75 Å². The van der Waals surface area contributed by atoms with Crippen LogP contribution in [0, 0.1) is 6.92 Å². The Morgan fingerprint density at radius 2 is 2.26 bits per heavy atom. The van der Waals surface area contributed by atoms with Crippen molar-refractivity contribution in [2.75, 3.05) is 0 Å². The topological polar surface area (TPSA) is 64.3 Å². The van der Waals surface area contributed by atoms with Gasteiger partial charge in [0, 0.05) is 23.9 Å². The first kappa shape index (κ1) is 13.1. The molecule has 0 saturated carbocycles. The number of aromatic nitrogens is 2. The molecule has 1 N–H and O–H groups in total. The van der Waals surface area contributed by atoms with Crippen molar-refractivity contribution < 1.29 is 14.6 Å². The maximum atomic E-state index is 11.0.